The average Bonchev–Trinajstić information content (AvgIpc) is 2.39. The van der Waals surface area contributed by atoms with Crippen molar-refractivity contribution >= 4 is 17.3 Å². The largest absolute Gasteiger partial charge is 0.370 e. The topological polar surface area (TPSA) is 15.3 Å². The van der Waals surface area contributed by atoms with Gasteiger partial charge in [-0.2, -0.15) is 0 Å². The molecule has 1 rings (SSSR count). The lowest BCUT2D eigenvalue weighted by Crippen LogP contribution is -2.28. The second kappa shape index (κ2) is 8.44. The van der Waals surface area contributed by atoms with E-state index in [4.69, 9.17) is 11.6 Å². The van der Waals surface area contributed by atoms with E-state index in [1.54, 1.807) is 0 Å². The summed E-state index contributed by atoms with van der Waals surface area (Å²) >= 11 is 6.43. The van der Waals surface area contributed by atoms with Crippen LogP contribution >= 0.6 is 11.6 Å². The lowest BCUT2D eigenvalue weighted by molar-refractivity contribution is 0.587. The predicted octanol–water partition coefficient (Wildman–Crippen LogP) is 4.46. The van der Waals surface area contributed by atoms with Gasteiger partial charge >= 0.3 is 0 Å². The molecule has 0 fully saturated rings. The molecule has 0 aromatic heterocycles. The molecule has 0 bridgehead atoms. The molecular weight excluding hydrogens is 256 g/mol. The Labute approximate surface area is 123 Å². The van der Waals surface area contributed by atoms with Gasteiger partial charge in [0.1, 0.15) is 0 Å². The minimum Gasteiger partial charge on any atom is -0.370 e. The molecule has 0 atom stereocenters. The number of rotatable bonds is 8. The molecule has 0 amide bonds. The molecule has 19 heavy (non-hydrogen) atoms. The van der Waals surface area contributed by atoms with Crippen molar-refractivity contribution in [3.05, 3.63) is 28.8 Å². The van der Waals surface area contributed by atoms with Gasteiger partial charge in [0, 0.05) is 25.7 Å². The number of hydrogen-bond donors (Lipinski definition) is 1. The summed E-state index contributed by atoms with van der Waals surface area (Å²) in [6, 6.07) is 6.68. The van der Waals surface area contributed by atoms with Gasteiger partial charge in [-0.3, -0.25) is 0 Å². The first kappa shape index (κ1) is 16.3. The van der Waals surface area contributed by atoms with Crippen LogP contribution in [-0.4, -0.2) is 19.1 Å². The molecule has 3 heteroatoms. The van der Waals surface area contributed by atoms with Crippen LogP contribution in [0.3, 0.4) is 0 Å². The van der Waals surface area contributed by atoms with Gasteiger partial charge in [0.15, 0.2) is 0 Å². The number of nitrogens with zero attached hydrogens (tertiary/aromatic N) is 1. The van der Waals surface area contributed by atoms with Crippen LogP contribution in [0.2, 0.25) is 5.02 Å². The molecule has 0 spiro atoms. The normalized spacial score (nSPS) is 11.1. The highest BCUT2D eigenvalue weighted by Gasteiger charge is 2.13. The van der Waals surface area contributed by atoms with Crippen LogP contribution in [-0.2, 0) is 6.54 Å². The number of hydrogen-bond acceptors (Lipinski definition) is 2. The van der Waals surface area contributed by atoms with Crippen LogP contribution in [0.5, 0.6) is 0 Å². The lowest BCUT2D eigenvalue weighted by atomic mass is 10.1. The molecule has 0 aliphatic rings. The Bertz CT molecular complexity index is 377. The van der Waals surface area contributed by atoms with Crippen molar-refractivity contribution in [2.24, 2.45) is 0 Å². The molecular formula is C16H27ClN2. The van der Waals surface area contributed by atoms with Crippen LogP contribution in [0.4, 0.5) is 5.69 Å². The van der Waals surface area contributed by atoms with E-state index in [0.717, 1.165) is 24.7 Å². The van der Waals surface area contributed by atoms with Crippen LogP contribution in [0, 0.1) is 0 Å². The zero-order valence-corrected chi connectivity index (χ0v) is 13.4. The van der Waals surface area contributed by atoms with E-state index < -0.39 is 0 Å². The van der Waals surface area contributed by atoms with Crippen molar-refractivity contribution < 1.29 is 0 Å². The van der Waals surface area contributed by atoms with Crippen LogP contribution in [0.15, 0.2) is 18.2 Å². The Hall–Kier alpha value is -0.730. The monoisotopic (exact) mass is 282 g/mol. The molecule has 2 nitrogen and oxygen atoms in total. The Morgan fingerprint density at radius 2 is 2.00 bits per heavy atom. The molecule has 0 heterocycles. The number of benzene rings is 1. The van der Waals surface area contributed by atoms with Crippen LogP contribution in [0.1, 0.15) is 46.1 Å². The van der Waals surface area contributed by atoms with E-state index in [-0.39, 0.29) is 0 Å². The molecule has 0 aliphatic carbocycles. The number of halogens is 1. The van der Waals surface area contributed by atoms with Gasteiger partial charge < -0.3 is 10.2 Å². The molecule has 0 saturated heterocycles. The number of para-hydroxylation sites is 1. The summed E-state index contributed by atoms with van der Waals surface area (Å²) in [7, 11) is 0. The summed E-state index contributed by atoms with van der Waals surface area (Å²) in [4.78, 5) is 2.39. The molecule has 0 radical (unpaired) electrons. The summed E-state index contributed by atoms with van der Waals surface area (Å²) in [5.74, 6) is 0. The molecule has 1 aromatic carbocycles. The quantitative estimate of drug-likeness (QED) is 0.757. The third-order valence-electron chi connectivity index (χ3n) is 3.25. The van der Waals surface area contributed by atoms with Gasteiger partial charge in [0.25, 0.3) is 0 Å². The minimum atomic E-state index is 0.484. The first-order chi connectivity index (χ1) is 9.10. The van der Waals surface area contributed by atoms with Gasteiger partial charge in [-0.15, -0.1) is 0 Å². The highest BCUT2D eigenvalue weighted by atomic mass is 35.5. The fourth-order valence-corrected chi connectivity index (χ4v) is 2.46. The van der Waals surface area contributed by atoms with Crippen molar-refractivity contribution in [1.82, 2.24) is 5.32 Å². The molecule has 108 valence electrons. The number of anilines is 1. The summed E-state index contributed by atoms with van der Waals surface area (Å²) in [5.41, 5.74) is 2.49. The van der Waals surface area contributed by atoms with Crippen LogP contribution in [0.25, 0.3) is 0 Å². The molecule has 0 unspecified atom stereocenters. The highest BCUT2D eigenvalue weighted by Crippen LogP contribution is 2.30. The molecule has 0 aliphatic heterocycles. The van der Waals surface area contributed by atoms with Crippen molar-refractivity contribution in [1.29, 1.82) is 0 Å². The third kappa shape index (κ3) is 5.04. The van der Waals surface area contributed by atoms with E-state index in [1.807, 2.05) is 12.1 Å². The minimum absolute atomic E-state index is 0.484. The van der Waals surface area contributed by atoms with E-state index >= 15 is 0 Å². The van der Waals surface area contributed by atoms with E-state index in [9.17, 15) is 0 Å². The Morgan fingerprint density at radius 3 is 2.58 bits per heavy atom. The van der Waals surface area contributed by atoms with Gasteiger partial charge in [-0.25, -0.2) is 0 Å². The molecule has 1 N–H and O–H groups in total. The standard InChI is InChI=1S/C16H27ClN2/c1-5-7-11-19(6-2)16-14(12-18-13(3)4)9-8-10-15(16)17/h8-10,13,18H,5-7,11-12H2,1-4H3. The summed E-state index contributed by atoms with van der Waals surface area (Å²) in [5, 5.41) is 4.34. The second-order valence-electron chi connectivity index (χ2n) is 5.22. The zero-order valence-electron chi connectivity index (χ0n) is 12.7. The van der Waals surface area contributed by atoms with Gasteiger partial charge in [-0.1, -0.05) is 50.9 Å². The maximum Gasteiger partial charge on any atom is 0.0642 e. The highest BCUT2D eigenvalue weighted by molar-refractivity contribution is 6.33. The second-order valence-corrected chi connectivity index (χ2v) is 5.62. The average molecular weight is 283 g/mol. The maximum absolute atomic E-state index is 6.43. The van der Waals surface area contributed by atoms with Crippen molar-refractivity contribution in [2.45, 2.75) is 53.1 Å². The van der Waals surface area contributed by atoms with E-state index in [1.165, 1.54) is 24.1 Å². The SMILES string of the molecule is CCCCN(CC)c1c(Cl)cccc1CNC(C)C. The third-order valence-corrected chi connectivity index (χ3v) is 3.56. The van der Waals surface area contributed by atoms with Crippen molar-refractivity contribution in [2.75, 3.05) is 18.0 Å². The lowest BCUT2D eigenvalue weighted by Gasteiger charge is -2.27. The van der Waals surface area contributed by atoms with Gasteiger partial charge in [0.05, 0.1) is 10.7 Å². The summed E-state index contributed by atoms with van der Waals surface area (Å²) in [6.07, 6.45) is 2.41. The summed E-state index contributed by atoms with van der Waals surface area (Å²) in [6.45, 7) is 11.7. The Kier molecular flexibility index (Phi) is 7.25. The van der Waals surface area contributed by atoms with E-state index in [2.05, 4.69) is 44.0 Å². The fraction of sp³-hybridized carbons (Fsp3) is 0.625. The Balaban J connectivity index is 2.94. The van der Waals surface area contributed by atoms with Gasteiger partial charge in [-0.05, 0) is 25.0 Å². The van der Waals surface area contributed by atoms with Gasteiger partial charge in [0.2, 0.25) is 0 Å². The predicted molar refractivity (Wildman–Crippen MR) is 86.2 cm³/mol. The first-order valence-corrected chi connectivity index (χ1v) is 7.73. The number of nitrogens with one attached hydrogen (secondary N) is 1. The number of unbranched alkanes of at least 4 members (excludes halogenated alkanes) is 1. The fourth-order valence-electron chi connectivity index (χ4n) is 2.15. The molecule has 1 aromatic rings. The van der Waals surface area contributed by atoms with Crippen LogP contribution < -0.4 is 10.2 Å². The van der Waals surface area contributed by atoms with Crippen molar-refractivity contribution in [3.63, 3.8) is 0 Å². The summed E-state index contributed by atoms with van der Waals surface area (Å²) < 4.78 is 0. The first-order valence-electron chi connectivity index (χ1n) is 7.35. The van der Waals surface area contributed by atoms with Crippen molar-refractivity contribution in [3.8, 4) is 0 Å². The molecule has 0 saturated carbocycles. The Morgan fingerprint density at radius 1 is 1.26 bits per heavy atom. The smallest absolute Gasteiger partial charge is 0.0642 e. The zero-order chi connectivity index (χ0) is 14.3. The maximum atomic E-state index is 6.43. The van der Waals surface area contributed by atoms with E-state index in [0.29, 0.717) is 6.04 Å².